The molecule has 1 aromatic heterocycles. The van der Waals surface area contributed by atoms with Crippen molar-refractivity contribution in [3.8, 4) is 11.4 Å². The summed E-state index contributed by atoms with van der Waals surface area (Å²) in [5.74, 6) is 1.67. The molecule has 0 radical (unpaired) electrons. The first kappa shape index (κ1) is 13.4. The first-order valence-corrected chi connectivity index (χ1v) is 8.98. The summed E-state index contributed by atoms with van der Waals surface area (Å²) < 4.78 is 4.61. The molecule has 0 aliphatic carbocycles. The van der Waals surface area contributed by atoms with Gasteiger partial charge in [0.25, 0.3) is 0 Å². The molecule has 2 aromatic rings. The smallest absolute Gasteiger partial charge is 0.181 e. The molecule has 0 unspecified atom stereocenters. The van der Waals surface area contributed by atoms with Crippen molar-refractivity contribution >= 4 is 24.7 Å². The van der Waals surface area contributed by atoms with Crippen LogP contribution >= 0.6 is 20.7 Å². The first-order chi connectivity index (χ1) is 9.68. The number of benzene rings is 1. The Labute approximate surface area is 128 Å². The second-order valence-corrected chi connectivity index (χ2v) is 7.24. The van der Waals surface area contributed by atoms with Crippen LogP contribution in [-0.4, -0.2) is 19.2 Å². The van der Waals surface area contributed by atoms with Crippen molar-refractivity contribution in [2.24, 2.45) is 0 Å². The summed E-state index contributed by atoms with van der Waals surface area (Å²) in [5.41, 5.74) is 2.23. The van der Waals surface area contributed by atoms with Crippen LogP contribution in [0.4, 0.5) is 0 Å². The molecule has 4 heteroatoms. The Kier molecular flexibility index (Phi) is 3.65. The third-order valence-electron chi connectivity index (χ3n) is 3.43. The summed E-state index contributed by atoms with van der Waals surface area (Å²) >= 11 is 0.0429. The molecule has 3 nitrogen and oxygen atoms in total. The number of nitrogens with zero attached hydrogens (tertiary/aromatic N) is 2. The van der Waals surface area contributed by atoms with Crippen molar-refractivity contribution in [3.63, 3.8) is 0 Å². The molecular formula is C16H16IN3. The van der Waals surface area contributed by atoms with Crippen LogP contribution in [0, 0.1) is 0 Å². The largest absolute Gasteiger partial charge is 0.262 e. The van der Waals surface area contributed by atoms with Crippen LogP contribution in [0.2, 0.25) is 0 Å². The molecule has 1 aliphatic rings. The summed E-state index contributed by atoms with van der Waals surface area (Å²) in [5, 5.41) is 7.47. The van der Waals surface area contributed by atoms with Gasteiger partial charge in [-0.15, -0.1) is 0 Å². The van der Waals surface area contributed by atoms with Crippen molar-refractivity contribution in [2.75, 3.05) is 0 Å². The normalized spacial score (nSPS) is 14.8. The molecule has 0 bridgehead atoms. The Morgan fingerprint density at radius 2 is 1.95 bits per heavy atom. The molecule has 0 fully saturated rings. The lowest BCUT2D eigenvalue weighted by Gasteiger charge is -2.23. The molecular weight excluding hydrogens is 361 g/mol. The van der Waals surface area contributed by atoms with Gasteiger partial charge in [0.1, 0.15) is 5.82 Å². The molecule has 0 saturated carbocycles. The third kappa shape index (κ3) is 2.52. The van der Waals surface area contributed by atoms with E-state index in [1.807, 2.05) is 30.3 Å². The van der Waals surface area contributed by atoms with Gasteiger partial charge >= 0.3 is 0 Å². The minimum Gasteiger partial charge on any atom is -0.262 e. The Morgan fingerprint density at radius 3 is 2.65 bits per heavy atom. The van der Waals surface area contributed by atoms with Gasteiger partial charge in [0.2, 0.25) is 0 Å². The zero-order chi connectivity index (χ0) is 14.0. The summed E-state index contributed by atoms with van der Waals surface area (Å²) in [6.07, 6.45) is 4.33. The van der Waals surface area contributed by atoms with Crippen LogP contribution in [0.25, 0.3) is 11.4 Å². The van der Waals surface area contributed by atoms with Gasteiger partial charge in [0.05, 0.1) is 0 Å². The third-order valence-corrected chi connectivity index (χ3v) is 5.29. The number of nitrogens with one attached hydrogen (secondary N) is 1. The number of aromatic amines is 1. The van der Waals surface area contributed by atoms with Gasteiger partial charge in [-0.1, -0.05) is 63.2 Å². The predicted octanol–water partition coefficient (Wildman–Crippen LogP) is 3.98. The minimum atomic E-state index is -0.134. The maximum atomic E-state index is 4.69. The number of halogens is 1. The minimum absolute atomic E-state index is 0.0429. The van der Waals surface area contributed by atoms with Gasteiger partial charge in [-0.05, 0) is 27.5 Å². The van der Waals surface area contributed by atoms with Crippen molar-refractivity contribution in [3.05, 3.63) is 58.0 Å². The summed E-state index contributed by atoms with van der Waals surface area (Å²) in [6, 6.07) is 10.1. The Morgan fingerprint density at radius 1 is 1.15 bits per heavy atom. The SMILES string of the molecule is CC(C)(C1=CI=CC=C1)c1nc(-c2ccccc2)n[nH]1. The van der Waals surface area contributed by atoms with E-state index in [2.05, 4.69) is 49.3 Å². The summed E-state index contributed by atoms with van der Waals surface area (Å²) in [6.45, 7) is 4.38. The van der Waals surface area contributed by atoms with Crippen molar-refractivity contribution in [1.29, 1.82) is 0 Å². The summed E-state index contributed by atoms with van der Waals surface area (Å²) in [7, 11) is 0. The highest BCUT2D eigenvalue weighted by molar-refractivity contribution is 14.2. The van der Waals surface area contributed by atoms with Crippen LogP contribution in [0.1, 0.15) is 19.7 Å². The van der Waals surface area contributed by atoms with E-state index in [0.717, 1.165) is 17.2 Å². The molecule has 0 amide bonds. The maximum absolute atomic E-state index is 4.69. The lowest BCUT2D eigenvalue weighted by Crippen LogP contribution is -2.21. The van der Waals surface area contributed by atoms with Crippen LogP contribution < -0.4 is 0 Å². The van der Waals surface area contributed by atoms with Gasteiger partial charge in [-0.3, -0.25) is 5.10 Å². The molecule has 20 heavy (non-hydrogen) atoms. The highest BCUT2D eigenvalue weighted by Gasteiger charge is 2.28. The highest BCUT2D eigenvalue weighted by Crippen LogP contribution is 2.33. The number of aromatic nitrogens is 3. The number of hydrogen-bond acceptors (Lipinski definition) is 2. The monoisotopic (exact) mass is 377 g/mol. The lowest BCUT2D eigenvalue weighted by atomic mass is 9.84. The van der Waals surface area contributed by atoms with Crippen molar-refractivity contribution in [1.82, 2.24) is 15.2 Å². The average molecular weight is 377 g/mol. The second kappa shape index (κ2) is 5.44. The maximum Gasteiger partial charge on any atom is 0.181 e. The topological polar surface area (TPSA) is 41.6 Å². The number of H-pyrrole nitrogens is 1. The van der Waals surface area contributed by atoms with E-state index in [9.17, 15) is 0 Å². The number of hydrogen-bond donors (Lipinski definition) is 1. The van der Waals surface area contributed by atoms with Gasteiger partial charge in [-0.25, -0.2) is 4.98 Å². The van der Waals surface area contributed by atoms with Gasteiger partial charge < -0.3 is 0 Å². The average Bonchev–Trinajstić information content (AvgIpc) is 3.00. The first-order valence-electron chi connectivity index (χ1n) is 6.49. The molecule has 2 heterocycles. The van der Waals surface area contributed by atoms with E-state index in [-0.39, 0.29) is 26.1 Å². The quantitative estimate of drug-likeness (QED) is 0.823. The molecule has 3 rings (SSSR count). The molecule has 1 aliphatic heterocycles. The Balaban J connectivity index is 1.96. The molecule has 1 aromatic carbocycles. The predicted molar refractivity (Wildman–Crippen MR) is 92.2 cm³/mol. The molecule has 0 spiro atoms. The van der Waals surface area contributed by atoms with Gasteiger partial charge in [0.15, 0.2) is 5.82 Å². The van der Waals surface area contributed by atoms with Crippen LogP contribution in [0.15, 0.2) is 52.1 Å². The van der Waals surface area contributed by atoms with Gasteiger partial charge in [0, 0.05) is 11.0 Å². The summed E-state index contributed by atoms with van der Waals surface area (Å²) in [4.78, 5) is 4.69. The van der Waals surface area contributed by atoms with E-state index >= 15 is 0 Å². The van der Waals surface area contributed by atoms with Gasteiger partial charge in [-0.2, -0.15) is 5.10 Å². The number of allylic oxidation sites excluding steroid dienone is 3. The van der Waals surface area contributed by atoms with Crippen LogP contribution in [0.3, 0.4) is 0 Å². The molecule has 1 N–H and O–H groups in total. The fraction of sp³-hybridized carbons (Fsp3) is 0.188. The molecule has 102 valence electrons. The lowest BCUT2D eigenvalue weighted by molar-refractivity contribution is 0.594. The van der Waals surface area contributed by atoms with Crippen molar-refractivity contribution < 1.29 is 0 Å². The number of rotatable bonds is 3. The standard InChI is InChI=1S/C16H16IN3/c1-16(2,13-9-6-10-17-11-13)15-18-14(19-20-15)12-7-4-3-5-8-12/h3-11H,1-2H3,(H,18,19,20). The zero-order valence-electron chi connectivity index (χ0n) is 11.5. The van der Waals surface area contributed by atoms with E-state index in [1.165, 1.54) is 5.57 Å². The Bertz CT molecular complexity index is 694. The van der Waals surface area contributed by atoms with E-state index in [0.29, 0.717) is 0 Å². The van der Waals surface area contributed by atoms with Crippen LogP contribution in [0.5, 0.6) is 0 Å². The molecule has 0 atom stereocenters. The fourth-order valence-corrected chi connectivity index (χ4v) is 4.09. The highest BCUT2D eigenvalue weighted by atomic mass is 127. The van der Waals surface area contributed by atoms with E-state index in [4.69, 9.17) is 0 Å². The van der Waals surface area contributed by atoms with E-state index < -0.39 is 0 Å². The van der Waals surface area contributed by atoms with Crippen LogP contribution in [-0.2, 0) is 5.41 Å². The fourth-order valence-electron chi connectivity index (χ4n) is 2.06. The molecule has 0 saturated heterocycles. The Hall–Kier alpha value is -1.56. The van der Waals surface area contributed by atoms with E-state index in [1.54, 1.807) is 0 Å². The zero-order valence-corrected chi connectivity index (χ0v) is 13.6. The van der Waals surface area contributed by atoms with Crippen molar-refractivity contribution in [2.45, 2.75) is 19.3 Å². The second-order valence-electron chi connectivity index (χ2n) is 5.17.